The van der Waals surface area contributed by atoms with Gasteiger partial charge in [-0.05, 0) is 39.2 Å². The summed E-state index contributed by atoms with van der Waals surface area (Å²) in [5.74, 6) is 2.42. The molecule has 1 aliphatic rings. The highest BCUT2D eigenvalue weighted by Gasteiger charge is 2.20. The molecule has 0 radical (unpaired) electrons. The molecule has 0 bridgehead atoms. The molecule has 0 aromatic carbocycles. The standard InChI is InChI=1S/C16H28N4O/c1-12(2)17-10-14-5-7-20(8-6-14)15-9-16(19-11-18-15)21-13(3)4/h9,11-14,17H,5-8,10H2,1-4H3. The molecule has 0 saturated carbocycles. The molecule has 1 aromatic rings. The second-order valence-electron chi connectivity index (χ2n) is 6.37. The lowest BCUT2D eigenvalue weighted by molar-refractivity contribution is 0.232. The van der Waals surface area contributed by atoms with Gasteiger partial charge >= 0.3 is 0 Å². The van der Waals surface area contributed by atoms with E-state index < -0.39 is 0 Å². The number of nitrogens with zero attached hydrogens (tertiary/aromatic N) is 3. The minimum absolute atomic E-state index is 0.139. The predicted octanol–water partition coefficient (Wildman–Crippen LogP) is 2.48. The van der Waals surface area contributed by atoms with E-state index in [0.29, 0.717) is 11.9 Å². The van der Waals surface area contributed by atoms with Crippen LogP contribution in [0.25, 0.3) is 0 Å². The lowest BCUT2D eigenvalue weighted by Crippen LogP contribution is -2.39. The number of rotatable bonds is 6. The molecule has 21 heavy (non-hydrogen) atoms. The lowest BCUT2D eigenvalue weighted by Gasteiger charge is -2.33. The minimum atomic E-state index is 0.139. The summed E-state index contributed by atoms with van der Waals surface area (Å²) in [4.78, 5) is 10.9. The van der Waals surface area contributed by atoms with Crippen LogP contribution in [0.2, 0.25) is 0 Å². The molecule has 0 unspecified atom stereocenters. The van der Waals surface area contributed by atoms with E-state index in [1.165, 1.54) is 12.8 Å². The Morgan fingerprint density at radius 1 is 1.24 bits per heavy atom. The Hall–Kier alpha value is -1.36. The molecule has 0 spiro atoms. The van der Waals surface area contributed by atoms with Crippen LogP contribution in [0.4, 0.5) is 5.82 Å². The van der Waals surface area contributed by atoms with Crippen LogP contribution in [0.5, 0.6) is 5.88 Å². The zero-order valence-electron chi connectivity index (χ0n) is 13.7. The van der Waals surface area contributed by atoms with E-state index in [1.54, 1.807) is 6.33 Å². The average Bonchev–Trinajstić information content (AvgIpc) is 2.45. The predicted molar refractivity (Wildman–Crippen MR) is 85.9 cm³/mol. The maximum Gasteiger partial charge on any atom is 0.218 e. The number of anilines is 1. The van der Waals surface area contributed by atoms with Gasteiger partial charge in [0.05, 0.1) is 6.10 Å². The van der Waals surface area contributed by atoms with Crippen molar-refractivity contribution in [3.05, 3.63) is 12.4 Å². The summed E-state index contributed by atoms with van der Waals surface area (Å²) in [7, 11) is 0. The molecule has 1 saturated heterocycles. The second-order valence-corrected chi connectivity index (χ2v) is 6.37. The number of piperidine rings is 1. The lowest BCUT2D eigenvalue weighted by atomic mass is 9.96. The van der Waals surface area contributed by atoms with Crippen LogP contribution in [-0.2, 0) is 0 Å². The van der Waals surface area contributed by atoms with E-state index in [9.17, 15) is 0 Å². The molecule has 2 rings (SSSR count). The van der Waals surface area contributed by atoms with Crippen LogP contribution in [0, 0.1) is 5.92 Å². The molecule has 1 aliphatic heterocycles. The van der Waals surface area contributed by atoms with Crippen molar-refractivity contribution in [2.75, 3.05) is 24.5 Å². The first-order chi connectivity index (χ1) is 10.0. The summed E-state index contributed by atoms with van der Waals surface area (Å²) in [6.07, 6.45) is 4.16. The van der Waals surface area contributed by atoms with Crippen molar-refractivity contribution in [1.29, 1.82) is 0 Å². The highest BCUT2D eigenvalue weighted by Crippen LogP contribution is 2.23. The van der Waals surface area contributed by atoms with Crippen molar-refractivity contribution >= 4 is 5.82 Å². The van der Waals surface area contributed by atoms with Gasteiger partial charge in [-0.1, -0.05) is 13.8 Å². The largest absolute Gasteiger partial charge is 0.475 e. The third-order valence-corrected chi connectivity index (χ3v) is 3.74. The molecule has 1 N–H and O–H groups in total. The van der Waals surface area contributed by atoms with Gasteiger partial charge in [-0.3, -0.25) is 0 Å². The van der Waals surface area contributed by atoms with Gasteiger partial charge in [0.2, 0.25) is 5.88 Å². The van der Waals surface area contributed by atoms with E-state index >= 15 is 0 Å². The summed E-state index contributed by atoms with van der Waals surface area (Å²) in [5, 5.41) is 3.54. The van der Waals surface area contributed by atoms with Gasteiger partial charge in [0.15, 0.2) is 0 Å². The van der Waals surface area contributed by atoms with Crippen molar-refractivity contribution in [2.24, 2.45) is 5.92 Å². The molecule has 0 aliphatic carbocycles. The Morgan fingerprint density at radius 2 is 1.95 bits per heavy atom. The first-order valence-corrected chi connectivity index (χ1v) is 8.01. The first kappa shape index (κ1) is 16.0. The fraction of sp³-hybridized carbons (Fsp3) is 0.750. The van der Waals surface area contributed by atoms with E-state index in [2.05, 4.69) is 34.0 Å². The first-order valence-electron chi connectivity index (χ1n) is 8.01. The van der Waals surface area contributed by atoms with Crippen molar-refractivity contribution in [3.63, 3.8) is 0 Å². The summed E-state index contributed by atoms with van der Waals surface area (Å²) in [6.45, 7) is 11.7. The Bertz CT molecular complexity index is 428. The van der Waals surface area contributed by atoms with Crippen LogP contribution in [0.1, 0.15) is 40.5 Å². The summed E-state index contributed by atoms with van der Waals surface area (Å²) in [5.41, 5.74) is 0. The van der Waals surface area contributed by atoms with Gasteiger partial charge in [0, 0.05) is 25.2 Å². The van der Waals surface area contributed by atoms with Gasteiger partial charge in [-0.2, -0.15) is 0 Å². The molecule has 2 heterocycles. The molecule has 1 aromatic heterocycles. The fourth-order valence-corrected chi connectivity index (χ4v) is 2.58. The van der Waals surface area contributed by atoms with E-state index in [4.69, 9.17) is 4.74 Å². The number of aromatic nitrogens is 2. The monoisotopic (exact) mass is 292 g/mol. The molecule has 5 heteroatoms. The van der Waals surface area contributed by atoms with Gasteiger partial charge in [-0.25, -0.2) is 9.97 Å². The quantitative estimate of drug-likeness (QED) is 0.873. The number of hydrogen-bond acceptors (Lipinski definition) is 5. The second kappa shape index (κ2) is 7.59. The molecule has 0 amide bonds. The molecular weight excluding hydrogens is 264 g/mol. The number of ether oxygens (including phenoxy) is 1. The summed E-state index contributed by atoms with van der Waals surface area (Å²) in [6, 6.07) is 2.52. The molecule has 5 nitrogen and oxygen atoms in total. The van der Waals surface area contributed by atoms with Gasteiger partial charge in [-0.15, -0.1) is 0 Å². The smallest absolute Gasteiger partial charge is 0.218 e. The van der Waals surface area contributed by atoms with Crippen molar-refractivity contribution in [1.82, 2.24) is 15.3 Å². The number of nitrogens with one attached hydrogen (secondary N) is 1. The summed E-state index contributed by atoms with van der Waals surface area (Å²) < 4.78 is 5.64. The normalized spacial score (nSPS) is 16.8. The highest BCUT2D eigenvalue weighted by atomic mass is 16.5. The molecule has 118 valence electrons. The molecule has 1 fully saturated rings. The van der Waals surface area contributed by atoms with Gasteiger partial charge < -0.3 is 15.0 Å². The van der Waals surface area contributed by atoms with E-state index in [1.807, 2.05) is 19.9 Å². The number of hydrogen-bond donors (Lipinski definition) is 1. The van der Waals surface area contributed by atoms with Crippen LogP contribution >= 0.6 is 0 Å². The fourth-order valence-electron chi connectivity index (χ4n) is 2.58. The van der Waals surface area contributed by atoms with E-state index in [-0.39, 0.29) is 6.10 Å². The van der Waals surface area contributed by atoms with Crippen molar-refractivity contribution < 1.29 is 4.74 Å². The highest BCUT2D eigenvalue weighted by molar-refractivity contribution is 5.41. The van der Waals surface area contributed by atoms with Crippen LogP contribution in [-0.4, -0.2) is 41.7 Å². The third kappa shape index (κ3) is 5.16. The molecule has 0 atom stereocenters. The molecular formula is C16H28N4O. The Kier molecular flexibility index (Phi) is 5.79. The summed E-state index contributed by atoms with van der Waals surface area (Å²) >= 11 is 0. The van der Waals surface area contributed by atoms with Crippen LogP contribution < -0.4 is 15.0 Å². The maximum absolute atomic E-state index is 5.64. The topological polar surface area (TPSA) is 50.3 Å². The van der Waals surface area contributed by atoms with Crippen molar-refractivity contribution in [2.45, 2.75) is 52.7 Å². The SMILES string of the molecule is CC(C)NCC1CCN(c2cc(OC(C)C)ncn2)CC1. The Morgan fingerprint density at radius 3 is 2.57 bits per heavy atom. The zero-order chi connectivity index (χ0) is 15.2. The average molecular weight is 292 g/mol. The van der Waals surface area contributed by atoms with Gasteiger partial charge in [0.1, 0.15) is 12.1 Å². The Balaban J connectivity index is 1.87. The van der Waals surface area contributed by atoms with Gasteiger partial charge in [0.25, 0.3) is 0 Å². The minimum Gasteiger partial charge on any atom is -0.475 e. The third-order valence-electron chi connectivity index (χ3n) is 3.74. The maximum atomic E-state index is 5.64. The zero-order valence-corrected chi connectivity index (χ0v) is 13.7. The van der Waals surface area contributed by atoms with E-state index in [0.717, 1.165) is 31.4 Å². The van der Waals surface area contributed by atoms with Crippen LogP contribution in [0.3, 0.4) is 0 Å². The van der Waals surface area contributed by atoms with Crippen LogP contribution in [0.15, 0.2) is 12.4 Å². The Labute approximate surface area is 128 Å². The van der Waals surface area contributed by atoms with Crippen molar-refractivity contribution in [3.8, 4) is 5.88 Å².